The van der Waals surface area contributed by atoms with Crippen LogP contribution in [0, 0.1) is 0 Å². The van der Waals surface area contributed by atoms with E-state index in [1.807, 2.05) is 13.8 Å². The number of sulfonamides is 1. The Morgan fingerprint density at radius 3 is 2.62 bits per heavy atom. The average Bonchev–Trinajstić information content (AvgIpc) is 2.60. The minimum absolute atomic E-state index is 0.357. The SMILES string of the molecule is C=C(C)CN(CC)S(=O)(=O)c1sccc1Br. The van der Waals surface area contributed by atoms with Crippen molar-refractivity contribution in [3.8, 4) is 0 Å². The number of hydrogen-bond acceptors (Lipinski definition) is 3. The van der Waals surface area contributed by atoms with Gasteiger partial charge in [0.2, 0.25) is 0 Å². The van der Waals surface area contributed by atoms with Crippen LogP contribution in [0.4, 0.5) is 0 Å². The van der Waals surface area contributed by atoms with Crippen LogP contribution in [0.1, 0.15) is 13.8 Å². The Morgan fingerprint density at radius 2 is 2.25 bits per heavy atom. The van der Waals surface area contributed by atoms with Crippen LogP contribution in [0.2, 0.25) is 0 Å². The molecule has 1 heterocycles. The first-order chi connectivity index (χ1) is 7.39. The van der Waals surface area contributed by atoms with Gasteiger partial charge in [-0.05, 0) is 34.3 Å². The van der Waals surface area contributed by atoms with E-state index < -0.39 is 10.0 Å². The summed E-state index contributed by atoms with van der Waals surface area (Å²) in [5.41, 5.74) is 0.832. The molecule has 0 bridgehead atoms. The standard InChI is InChI=1S/C10H14BrNO2S2/c1-4-12(7-8(2)3)16(13,14)10-9(11)5-6-15-10/h5-6H,2,4,7H2,1,3H3. The van der Waals surface area contributed by atoms with Crippen LogP contribution in [0.5, 0.6) is 0 Å². The van der Waals surface area contributed by atoms with Gasteiger partial charge in [-0.1, -0.05) is 19.1 Å². The van der Waals surface area contributed by atoms with Gasteiger partial charge in [0.25, 0.3) is 10.0 Å². The predicted molar refractivity (Wildman–Crippen MR) is 71.3 cm³/mol. The van der Waals surface area contributed by atoms with Crippen molar-refractivity contribution in [2.24, 2.45) is 0 Å². The summed E-state index contributed by atoms with van der Waals surface area (Å²) in [6.07, 6.45) is 0. The van der Waals surface area contributed by atoms with Crippen molar-refractivity contribution in [3.05, 3.63) is 28.1 Å². The molecule has 90 valence electrons. The molecule has 0 unspecified atom stereocenters. The Kier molecular flexibility index (Phi) is 4.73. The highest BCUT2D eigenvalue weighted by atomic mass is 79.9. The molecule has 0 aliphatic rings. The van der Waals surface area contributed by atoms with E-state index in [9.17, 15) is 8.42 Å². The van der Waals surface area contributed by atoms with Crippen LogP contribution in [0.25, 0.3) is 0 Å². The predicted octanol–water partition coefficient (Wildman–Crippen LogP) is 3.10. The molecule has 1 rings (SSSR count). The molecule has 6 heteroatoms. The Balaban J connectivity index is 3.09. The second-order valence-corrected chi connectivity index (χ2v) is 7.35. The van der Waals surface area contributed by atoms with E-state index in [0.29, 0.717) is 21.8 Å². The molecule has 0 saturated carbocycles. The van der Waals surface area contributed by atoms with Crippen molar-refractivity contribution >= 4 is 37.3 Å². The number of likely N-dealkylation sites (N-methyl/N-ethyl adjacent to an activating group) is 1. The first-order valence-corrected chi connectivity index (χ1v) is 7.88. The minimum Gasteiger partial charge on any atom is -0.206 e. The molecule has 0 aliphatic carbocycles. The molecule has 0 radical (unpaired) electrons. The lowest BCUT2D eigenvalue weighted by Gasteiger charge is -2.19. The molecular formula is C10H14BrNO2S2. The van der Waals surface area contributed by atoms with Gasteiger partial charge in [0.15, 0.2) is 0 Å². The number of hydrogen-bond donors (Lipinski definition) is 0. The molecule has 0 saturated heterocycles. The second kappa shape index (κ2) is 5.44. The van der Waals surface area contributed by atoms with Crippen molar-refractivity contribution in [3.63, 3.8) is 0 Å². The van der Waals surface area contributed by atoms with E-state index in [2.05, 4.69) is 22.5 Å². The van der Waals surface area contributed by atoms with Crippen molar-refractivity contribution in [2.45, 2.75) is 18.1 Å². The van der Waals surface area contributed by atoms with E-state index in [1.54, 1.807) is 11.4 Å². The van der Waals surface area contributed by atoms with E-state index in [4.69, 9.17) is 0 Å². The van der Waals surface area contributed by atoms with Crippen molar-refractivity contribution in [1.29, 1.82) is 0 Å². The van der Waals surface area contributed by atoms with E-state index in [1.165, 1.54) is 15.6 Å². The van der Waals surface area contributed by atoms with Crippen molar-refractivity contribution in [2.75, 3.05) is 13.1 Å². The number of halogens is 1. The molecule has 16 heavy (non-hydrogen) atoms. The lowest BCUT2D eigenvalue weighted by Crippen LogP contribution is -2.31. The summed E-state index contributed by atoms with van der Waals surface area (Å²) < 4.78 is 26.9. The molecule has 3 nitrogen and oxygen atoms in total. The van der Waals surface area contributed by atoms with Gasteiger partial charge < -0.3 is 0 Å². The first-order valence-electron chi connectivity index (χ1n) is 4.77. The maximum Gasteiger partial charge on any atom is 0.253 e. The van der Waals surface area contributed by atoms with Crippen LogP contribution in [0.15, 0.2) is 32.3 Å². The maximum atomic E-state index is 12.2. The topological polar surface area (TPSA) is 37.4 Å². The van der Waals surface area contributed by atoms with E-state index >= 15 is 0 Å². The molecule has 0 spiro atoms. The molecule has 0 aliphatic heterocycles. The lowest BCUT2D eigenvalue weighted by molar-refractivity contribution is 0.454. The Morgan fingerprint density at radius 1 is 1.62 bits per heavy atom. The molecule has 0 N–H and O–H groups in total. The van der Waals surface area contributed by atoms with Crippen LogP contribution >= 0.6 is 27.3 Å². The highest BCUT2D eigenvalue weighted by Crippen LogP contribution is 2.30. The summed E-state index contributed by atoms with van der Waals surface area (Å²) in [6, 6.07) is 1.74. The van der Waals surface area contributed by atoms with Crippen LogP contribution in [-0.2, 0) is 10.0 Å². The van der Waals surface area contributed by atoms with Crippen molar-refractivity contribution in [1.82, 2.24) is 4.31 Å². The third-order valence-corrected chi connectivity index (χ3v) is 6.53. The number of rotatable bonds is 5. The van der Waals surface area contributed by atoms with Gasteiger partial charge in [-0.15, -0.1) is 11.3 Å². The minimum atomic E-state index is -3.39. The first kappa shape index (κ1) is 13.9. The normalized spacial score (nSPS) is 12.0. The summed E-state index contributed by atoms with van der Waals surface area (Å²) >= 11 is 4.47. The van der Waals surface area contributed by atoms with Crippen LogP contribution in [-0.4, -0.2) is 25.8 Å². The Labute approximate surface area is 109 Å². The van der Waals surface area contributed by atoms with Gasteiger partial charge in [0, 0.05) is 17.6 Å². The summed E-state index contributed by atoms with van der Waals surface area (Å²) in [7, 11) is -3.39. The van der Waals surface area contributed by atoms with Crippen LogP contribution < -0.4 is 0 Å². The summed E-state index contributed by atoms with van der Waals surface area (Å²) in [4.78, 5) is 0. The highest BCUT2D eigenvalue weighted by Gasteiger charge is 2.26. The third-order valence-electron chi connectivity index (χ3n) is 1.96. The highest BCUT2D eigenvalue weighted by molar-refractivity contribution is 9.10. The zero-order chi connectivity index (χ0) is 12.3. The molecule has 0 amide bonds. The van der Waals surface area contributed by atoms with Gasteiger partial charge in [-0.3, -0.25) is 0 Å². The van der Waals surface area contributed by atoms with Gasteiger partial charge in [0.1, 0.15) is 4.21 Å². The largest absolute Gasteiger partial charge is 0.253 e. The monoisotopic (exact) mass is 323 g/mol. The Bertz CT molecular complexity index is 479. The molecule has 0 atom stereocenters. The smallest absolute Gasteiger partial charge is 0.206 e. The van der Waals surface area contributed by atoms with Gasteiger partial charge in [-0.25, -0.2) is 8.42 Å². The zero-order valence-electron chi connectivity index (χ0n) is 9.23. The van der Waals surface area contributed by atoms with Crippen LogP contribution in [0.3, 0.4) is 0 Å². The van der Waals surface area contributed by atoms with E-state index in [-0.39, 0.29) is 0 Å². The fraction of sp³-hybridized carbons (Fsp3) is 0.400. The fourth-order valence-corrected chi connectivity index (χ4v) is 5.21. The summed E-state index contributed by atoms with van der Waals surface area (Å²) in [5, 5.41) is 1.76. The summed E-state index contributed by atoms with van der Waals surface area (Å²) in [5.74, 6) is 0. The Hall–Kier alpha value is -0.170. The second-order valence-electron chi connectivity index (χ2n) is 3.44. The lowest BCUT2D eigenvalue weighted by atomic mass is 10.3. The van der Waals surface area contributed by atoms with Gasteiger partial charge in [-0.2, -0.15) is 4.31 Å². The number of thiophene rings is 1. The van der Waals surface area contributed by atoms with E-state index in [0.717, 1.165) is 5.57 Å². The maximum absolute atomic E-state index is 12.2. The van der Waals surface area contributed by atoms with Gasteiger partial charge in [0.05, 0.1) is 0 Å². The van der Waals surface area contributed by atoms with Crippen molar-refractivity contribution < 1.29 is 8.42 Å². The molecule has 1 aromatic heterocycles. The molecular weight excluding hydrogens is 310 g/mol. The average molecular weight is 324 g/mol. The zero-order valence-corrected chi connectivity index (χ0v) is 12.5. The van der Waals surface area contributed by atoms with Gasteiger partial charge >= 0.3 is 0 Å². The molecule has 0 aromatic carbocycles. The third kappa shape index (κ3) is 2.94. The number of nitrogens with zero attached hydrogens (tertiary/aromatic N) is 1. The quantitative estimate of drug-likeness (QED) is 0.781. The molecule has 1 aromatic rings. The molecule has 0 fully saturated rings. The summed E-state index contributed by atoms with van der Waals surface area (Å²) in [6.45, 7) is 8.20. The fourth-order valence-electron chi connectivity index (χ4n) is 1.25.